The molecule has 0 spiro atoms. The van der Waals surface area contributed by atoms with Gasteiger partial charge in [-0.3, -0.25) is 9.78 Å². The van der Waals surface area contributed by atoms with Crippen LogP contribution in [0, 0.1) is 6.92 Å². The summed E-state index contributed by atoms with van der Waals surface area (Å²) in [5.41, 5.74) is 7.80. The number of hydrogen-bond donors (Lipinski definition) is 2. The highest BCUT2D eigenvalue weighted by Gasteiger charge is 2.09. The predicted molar refractivity (Wildman–Crippen MR) is 67.1 cm³/mol. The Labute approximate surface area is 101 Å². The van der Waals surface area contributed by atoms with Gasteiger partial charge < -0.3 is 5.73 Å². The van der Waals surface area contributed by atoms with Gasteiger partial charge in [0.25, 0.3) is 5.56 Å². The molecule has 0 aliphatic rings. The van der Waals surface area contributed by atoms with E-state index < -0.39 is 0 Å². The number of rotatable bonds is 1. The Morgan fingerprint density at radius 1 is 1.31 bits per heavy atom. The van der Waals surface area contributed by atoms with Crippen LogP contribution < -0.4 is 11.3 Å². The summed E-state index contributed by atoms with van der Waals surface area (Å²) in [4.78, 5) is 18.0. The van der Waals surface area contributed by atoms with Gasteiger partial charge in [0.05, 0.1) is 5.69 Å². The first-order valence-electron chi connectivity index (χ1n) is 4.70. The quantitative estimate of drug-likeness (QED) is 0.840. The van der Waals surface area contributed by atoms with Crippen molar-refractivity contribution in [2.24, 2.45) is 0 Å². The van der Waals surface area contributed by atoms with Crippen LogP contribution in [0.2, 0.25) is 0 Å². The second kappa shape index (κ2) is 4.09. The van der Waals surface area contributed by atoms with Gasteiger partial charge in [-0.05, 0) is 22.9 Å². The van der Waals surface area contributed by atoms with Crippen LogP contribution in [-0.2, 0) is 0 Å². The lowest BCUT2D eigenvalue weighted by Gasteiger charge is -2.04. The maximum absolute atomic E-state index is 11.5. The molecule has 0 aliphatic heterocycles. The van der Waals surface area contributed by atoms with E-state index in [4.69, 9.17) is 5.73 Å². The molecular weight excluding hydrogens is 270 g/mol. The number of aromatic nitrogens is 2. The fourth-order valence-electron chi connectivity index (χ4n) is 1.38. The van der Waals surface area contributed by atoms with E-state index in [1.165, 1.54) is 0 Å². The molecule has 16 heavy (non-hydrogen) atoms. The van der Waals surface area contributed by atoms with Crippen molar-refractivity contribution >= 4 is 21.9 Å². The average Bonchev–Trinajstić information content (AvgIpc) is 2.25. The van der Waals surface area contributed by atoms with Gasteiger partial charge >= 0.3 is 0 Å². The number of aryl methyl sites for hydroxylation is 1. The van der Waals surface area contributed by atoms with E-state index >= 15 is 0 Å². The van der Waals surface area contributed by atoms with E-state index in [-0.39, 0.29) is 11.5 Å². The maximum Gasteiger partial charge on any atom is 0.267 e. The summed E-state index contributed by atoms with van der Waals surface area (Å²) < 4.78 is 0.394. The molecule has 0 atom stereocenters. The number of anilines is 1. The van der Waals surface area contributed by atoms with Crippen LogP contribution in [0.3, 0.4) is 0 Å². The molecule has 0 amide bonds. The molecule has 0 aliphatic carbocycles. The molecule has 1 heterocycles. The van der Waals surface area contributed by atoms with E-state index in [1.807, 2.05) is 31.2 Å². The highest BCUT2D eigenvalue weighted by Crippen LogP contribution is 2.23. The number of nitrogens with one attached hydrogen (secondary N) is 1. The van der Waals surface area contributed by atoms with Crippen molar-refractivity contribution < 1.29 is 0 Å². The number of H-pyrrole nitrogens is 1. The van der Waals surface area contributed by atoms with Gasteiger partial charge in [0, 0.05) is 5.56 Å². The topological polar surface area (TPSA) is 71.8 Å². The van der Waals surface area contributed by atoms with Crippen molar-refractivity contribution in [2.75, 3.05) is 5.73 Å². The Balaban J connectivity index is 2.64. The van der Waals surface area contributed by atoms with E-state index in [2.05, 4.69) is 25.9 Å². The van der Waals surface area contributed by atoms with E-state index in [1.54, 1.807) is 0 Å². The fraction of sp³-hybridized carbons (Fsp3) is 0.0909. The van der Waals surface area contributed by atoms with Crippen LogP contribution >= 0.6 is 15.9 Å². The molecule has 5 heteroatoms. The van der Waals surface area contributed by atoms with Gasteiger partial charge in [-0.15, -0.1) is 0 Å². The van der Waals surface area contributed by atoms with Crippen molar-refractivity contribution in [1.82, 2.24) is 9.97 Å². The Morgan fingerprint density at radius 2 is 1.94 bits per heavy atom. The third-order valence-electron chi connectivity index (χ3n) is 2.21. The van der Waals surface area contributed by atoms with Crippen LogP contribution in [0.4, 0.5) is 5.95 Å². The lowest BCUT2D eigenvalue weighted by molar-refractivity contribution is 1.12. The standard InChI is InChI=1S/C11H10BrN3O/c1-6-2-4-7(5-3-6)9-8(12)10(16)15-11(13)14-9/h2-5H,1H3,(H3,13,14,15,16). The second-order valence-electron chi connectivity index (χ2n) is 3.48. The smallest absolute Gasteiger partial charge is 0.267 e. The van der Waals surface area contributed by atoms with Crippen LogP contribution in [0.15, 0.2) is 33.5 Å². The van der Waals surface area contributed by atoms with Gasteiger partial charge in [-0.25, -0.2) is 4.98 Å². The summed E-state index contributed by atoms with van der Waals surface area (Å²) in [6.07, 6.45) is 0. The Hall–Kier alpha value is -1.62. The summed E-state index contributed by atoms with van der Waals surface area (Å²) in [5, 5.41) is 0. The molecule has 3 N–H and O–H groups in total. The zero-order valence-corrected chi connectivity index (χ0v) is 10.2. The summed E-state index contributed by atoms with van der Waals surface area (Å²) in [6, 6.07) is 7.73. The largest absolute Gasteiger partial charge is 0.369 e. The first-order chi connectivity index (χ1) is 7.58. The lowest BCUT2D eigenvalue weighted by Crippen LogP contribution is -2.13. The molecule has 0 bridgehead atoms. The number of nitrogens with zero attached hydrogens (tertiary/aromatic N) is 1. The van der Waals surface area contributed by atoms with Crippen molar-refractivity contribution in [2.45, 2.75) is 6.92 Å². The zero-order chi connectivity index (χ0) is 11.7. The van der Waals surface area contributed by atoms with Crippen molar-refractivity contribution in [3.8, 4) is 11.3 Å². The molecule has 82 valence electrons. The number of halogens is 1. The van der Waals surface area contributed by atoms with E-state index in [0.29, 0.717) is 10.2 Å². The second-order valence-corrected chi connectivity index (χ2v) is 4.27. The van der Waals surface area contributed by atoms with Crippen molar-refractivity contribution in [3.05, 3.63) is 44.7 Å². The minimum Gasteiger partial charge on any atom is -0.369 e. The molecule has 0 unspecified atom stereocenters. The molecule has 4 nitrogen and oxygen atoms in total. The summed E-state index contributed by atoms with van der Waals surface area (Å²) >= 11 is 3.21. The minimum absolute atomic E-state index is 0.115. The van der Waals surface area contributed by atoms with Gasteiger partial charge in [0.1, 0.15) is 4.47 Å². The molecule has 0 saturated heterocycles. The number of benzene rings is 1. The molecular formula is C11H10BrN3O. The first-order valence-corrected chi connectivity index (χ1v) is 5.49. The lowest BCUT2D eigenvalue weighted by atomic mass is 10.1. The molecule has 0 saturated carbocycles. The fourth-order valence-corrected chi connectivity index (χ4v) is 1.80. The number of nitrogens with two attached hydrogens (primary N) is 1. The number of hydrogen-bond acceptors (Lipinski definition) is 3. The first kappa shape index (κ1) is 10.9. The summed E-state index contributed by atoms with van der Waals surface area (Å²) in [6.45, 7) is 2.00. The van der Waals surface area contributed by atoms with Crippen LogP contribution in [0.25, 0.3) is 11.3 Å². The Bertz CT molecular complexity index is 575. The van der Waals surface area contributed by atoms with Crippen LogP contribution in [0.5, 0.6) is 0 Å². The van der Waals surface area contributed by atoms with E-state index in [0.717, 1.165) is 11.1 Å². The van der Waals surface area contributed by atoms with Gasteiger partial charge in [0.2, 0.25) is 5.95 Å². The van der Waals surface area contributed by atoms with Gasteiger partial charge in [0.15, 0.2) is 0 Å². The summed E-state index contributed by atoms with van der Waals surface area (Å²) in [7, 11) is 0. The monoisotopic (exact) mass is 279 g/mol. The molecule has 2 rings (SSSR count). The number of nitrogen functional groups attached to an aromatic ring is 1. The Morgan fingerprint density at radius 3 is 2.56 bits per heavy atom. The van der Waals surface area contributed by atoms with Crippen molar-refractivity contribution in [3.63, 3.8) is 0 Å². The average molecular weight is 280 g/mol. The van der Waals surface area contributed by atoms with Crippen LogP contribution in [0.1, 0.15) is 5.56 Å². The third-order valence-corrected chi connectivity index (χ3v) is 2.94. The third kappa shape index (κ3) is 1.99. The molecule has 0 fully saturated rings. The summed E-state index contributed by atoms with van der Waals surface area (Å²) in [5.74, 6) is 0.115. The SMILES string of the molecule is Cc1ccc(-c2nc(N)[nH]c(=O)c2Br)cc1. The predicted octanol–water partition coefficient (Wildman–Crippen LogP) is 2.09. The molecule has 0 radical (unpaired) electrons. The highest BCUT2D eigenvalue weighted by molar-refractivity contribution is 9.10. The molecule has 2 aromatic rings. The molecule has 1 aromatic carbocycles. The number of aromatic amines is 1. The van der Waals surface area contributed by atoms with Gasteiger partial charge in [-0.1, -0.05) is 29.8 Å². The van der Waals surface area contributed by atoms with Crippen LogP contribution in [-0.4, -0.2) is 9.97 Å². The van der Waals surface area contributed by atoms with Gasteiger partial charge in [-0.2, -0.15) is 0 Å². The normalized spacial score (nSPS) is 10.4. The zero-order valence-electron chi connectivity index (χ0n) is 8.62. The van der Waals surface area contributed by atoms with E-state index in [9.17, 15) is 4.79 Å². The maximum atomic E-state index is 11.5. The molecule has 1 aromatic heterocycles. The minimum atomic E-state index is -0.275. The Kier molecular flexibility index (Phi) is 2.78. The van der Waals surface area contributed by atoms with Crippen molar-refractivity contribution in [1.29, 1.82) is 0 Å². The highest BCUT2D eigenvalue weighted by atomic mass is 79.9.